The van der Waals surface area contributed by atoms with Crippen LogP contribution in [0.3, 0.4) is 0 Å². The standard InChI is InChI=1S/C18H17F3N2O4/c19-18(20,21)12-4-6-14-11(9-12)10-16(27-14)15-7-5-13(26-15)3-1-2-8-23(25)17(22)24/h4,6,9-10,13,15,25H,2,5,7-8H2,(H2,22,24)/t13-,15?/m1/s1. The van der Waals surface area contributed by atoms with Crippen molar-refractivity contribution in [2.75, 3.05) is 6.54 Å². The van der Waals surface area contributed by atoms with E-state index < -0.39 is 17.8 Å². The molecular weight excluding hydrogens is 365 g/mol. The van der Waals surface area contributed by atoms with Gasteiger partial charge in [0.25, 0.3) is 0 Å². The van der Waals surface area contributed by atoms with Crippen LogP contribution < -0.4 is 5.73 Å². The number of fused-ring (bicyclic) bond motifs is 1. The first kappa shape index (κ1) is 19.1. The third-order valence-electron chi connectivity index (χ3n) is 4.17. The van der Waals surface area contributed by atoms with E-state index in [9.17, 15) is 18.0 Å². The van der Waals surface area contributed by atoms with Gasteiger partial charge in [0.05, 0.1) is 12.1 Å². The van der Waals surface area contributed by atoms with Gasteiger partial charge in [-0.25, -0.2) is 9.86 Å². The quantitative estimate of drug-likeness (QED) is 0.480. The molecule has 1 unspecified atom stereocenters. The molecular formula is C18H17F3N2O4. The van der Waals surface area contributed by atoms with Crippen molar-refractivity contribution in [2.24, 2.45) is 5.73 Å². The molecule has 9 heteroatoms. The topological polar surface area (TPSA) is 88.9 Å². The predicted octanol–water partition coefficient (Wildman–Crippen LogP) is 3.84. The number of primary amides is 1. The number of carbonyl (C=O) groups excluding carboxylic acids is 1. The molecule has 0 saturated carbocycles. The van der Waals surface area contributed by atoms with Crippen molar-refractivity contribution in [1.82, 2.24) is 5.06 Å². The molecule has 2 aromatic rings. The van der Waals surface area contributed by atoms with Crippen molar-refractivity contribution in [3.8, 4) is 11.8 Å². The van der Waals surface area contributed by atoms with E-state index in [0.717, 1.165) is 12.1 Å². The molecule has 2 heterocycles. The number of urea groups is 1. The van der Waals surface area contributed by atoms with Crippen LogP contribution in [0.25, 0.3) is 11.0 Å². The van der Waals surface area contributed by atoms with E-state index >= 15 is 0 Å². The van der Waals surface area contributed by atoms with Gasteiger partial charge in [-0.15, -0.1) is 0 Å². The highest BCUT2D eigenvalue weighted by atomic mass is 19.4. The summed E-state index contributed by atoms with van der Waals surface area (Å²) >= 11 is 0. The summed E-state index contributed by atoms with van der Waals surface area (Å²) in [5.41, 5.74) is 4.52. The van der Waals surface area contributed by atoms with Crippen LogP contribution in [0, 0.1) is 11.8 Å². The first-order valence-corrected chi connectivity index (χ1v) is 8.24. The van der Waals surface area contributed by atoms with E-state index in [1.165, 1.54) is 6.07 Å². The molecule has 6 nitrogen and oxygen atoms in total. The highest BCUT2D eigenvalue weighted by molar-refractivity contribution is 5.79. The maximum Gasteiger partial charge on any atom is 0.416 e. The van der Waals surface area contributed by atoms with Gasteiger partial charge in [0.2, 0.25) is 0 Å². The van der Waals surface area contributed by atoms with Crippen molar-refractivity contribution < 1.29 is 32.3 Å². The van der Waals surface area contributed by atoms with Gasteiger partial charge in [0.1, 0.15) is 23.6 Å². The van der Waals surface area contributed by atoms with Gasteiger partial charge in [-0.1, -0.05) is 11.8 Å². The molecule has 0 radical (unpaired) electrons. The Morgan fingerprint density at radius 3 is 2.81 bits per heavy atom. The fraction of sp³-hybridized carbons (Fsp3) is 0.389. The average Bonchev–Trinajstić information content (AvgIpc) is 3.23. The van der Waals surface area contributed by atoms with Crippen molar-refractivity contribution in [1.29, 1.82) is 0 Å². The van der Waals surface area contributed by atoms with Gasteiger partial charge < -0.3 is 14.9 Å². The molecule has 1 aliphatic rings. The summed E-state index contributed by atoms with van der Waals surface area (Å²) in [5.74, 6) is 6.14. The van der Waals surface area contributed by atoms with Crippen molar-refractivity contribution >= 4 is 17.0 Å². The molecule has 144 valence electrons. The number of hydroxylamine groups is 2. The molecule has 0 spiro atoms. The van der Waals surface area contributed by atoms with Crippen LogP contribution >= 0.6 is 0 Å². The number of alkyl halides is 3. The molecule has 1 aromatic carbocycles. The number of nitrogens with two attached hydrogens (primary N) is 1. The van der Waals surface area contributed by atoms with Gasteiger partial charge in [-0.2, -0.15) is 13.2 Å². The van der Waals surface area contributed by atoms with Crippen LogP contribution in [0.5, 0.6) is 0 Å². The van der Waals surface area contributed by atoms with E-state index in [0.29, 0.717) is 34.6 Å². The van der Waals surface area contributed by atoms with Crippen molar-refractivity contribution in [2.45, 2.75) is 37.6 Å². The lowest BCUT2D eigenvalue weighted by Gasteiger charge is -2.09. The molecule has 27 heavy (non-hydrogen) atoms. The number of rotatable bonds is 3. The Balaban J connectivity index is 1.63. The van der Waals surface area contributed by atoms with Crippen molar-refractivity contribution in [3.63, 3.8) is 0 Å². The number of ether oxygens (including phenoxy) is 1. The van der Waals surface area contributed by atoms with Crippen LogP contribution in [0.4, 0.5) is 18.0 Å². The molecule has 0 aliphatic carbocycles. The van der Waals surface area contributed by atoms with Gasteiger partial charge in [0.15, 0.2) is 0 Å². The highest BCUT2D eigenvalue weighted by Gasteiger charge is 2.32. The number of halogens is 3. The van der Waals surface area contributed by atoms with Gasteiger partial charge in [0, 0.05) is 11.8 Å². The van der Waals surface area contributed by atoms with E-state index in [-0.39, 0.29) is 25.2 Å². The Bertz CT molecular complexity index is 897. The van der Waals surface area contributed by atoms with Gasteiger partial charge in [-0.3, -0.25) is 5.21 Å². The Kier molecular flexibility index (Phi) is 5.30. The molecule has 1 aromatic heterocycles. The number of furan rings is 1. The summed E-state index contributed by atoms with van der Waals surface area (Å²) in [6.45, 7) is -0.0103. The molecule has 3 N–H and O–H groups in total. The molecule has 1 aliphatic heterocycles. The maximum absolute atomic E-state index is 12.8. The molecule has 2 amide bonds. The van der Waals surface area contributed by atoms with Crippen LogP contribution in [0.1, 0.15) is 36.7 Å². The second-order valence-electron chi connectivity index (χ2n) is 6.12. The predicted molar refractivity (Wildman–Crippen MR) is 88.5 cm³/mol. The molecule has 1 saturated heterocycles. The Labute approximate surface area is 152 Å². The lowest BCUT2D eigenvalue weighted by molar-refractivity contribution is -0.137. The van der Waals surface area contributed by atoms with E-state index in [1.807, 2.05) is 0 Å². The number of hydrogen-bond donors (Lipinski definition) is 2. The first-order chi connectivity index (χ1) is 12.7. The maximum atomic E-state index is 12.8. The summed E-state index contributed by atoms with van der Waals surface area (Å²) in [4.78, 5) is 10.7. The van der Waals surface area contributed by atoms with E-state index in [4.69, 9.17) is 20.1 Å². The minimum absolute atomic E-state index is 0.0103. The lowest BCUT2D eigenvalue weighted by Crippen LogP contribution is -2.33. The van der Waals surface area contributed by atoms with Crippen LogP contribution in [0.2, 0.25) is 0 Å². The minimum Gasteiger partial charge on any atom is -0.458 e. The second kappa shape index (κ2) is 7.50. The number of benzene rings is 1. The van der Waals surface area contributed by atoms with Gasteiger partial charge in [-0.05, 0) is 37.1 Å². The summed E-state index contributed by atoms with van der Waals surface area (Å²) in [5, 5.41) is 9.86. The Morgan fingerprint density at radius 1 is 1.33 bits per heavy atom. The number of carbonyl (C=O) groups is 1. The Morgan fingerprint density at radius 2 is 2.11 bits per heavy atom. The molecule has 2 atom stereocenters. The summed E-state index contributed by atoms with van der Waals surface area (Å²) in [6.07, 6.45) is -3.65. The van der Waals surface area contributed by atoms with Gasteiger partial charge >= 0.3 is 12.2 Å². The number of amides is 2. The fourth-order valence-corrected chi connectivity index (χ4v) is 2.81. The third kappa shape index (κ3) is 4.53. The lowest BCUT2D eigenvalue weighted by atomic mass is 10.1. The van der Waals surface area contributed by atoms with Crippen molar-refractivity contribution in [3.05, 3.63) is 35.6 Å². The van der Waals surface area contributed by atoms with E-state index in [2.05, 4.69) is 11.8 Å². The second-order valence-corrected chi connectivity index (χ2v) is 6.12. The largest absolute Gasteiger partial charge is 0.458 e. The molecule has 0 bridgehead atoms. The highest BCUT2D eigenvalue weighted by Crippen LogP contribution is 2.37. The zero-order valence-electron chi connectivity index (χ0n) is 14.1. The van der Waals surface area contributed by atoms with Crippen LogP contribution in [0.15, 0.2) is 28.7 Å². The minimum atomic E-state index is -4.41. The summed E-state index contributed by atoms with van der Waals surface area (Å²) < 4.78 is 49.8. The zero-order valence-corrected chi connectivity index (χ0v) is 14.1. The molecule has 1 fully saturated rings. The summed E-state index contributed by atoms with van der Waals surface area (Å²) in [7, 11) is 0. The average molecular weight is 382 g/mol. The van der Waals surface area contributed by atoms with Crippen LogP contribution in [-0.4, -0.2) is 29.0 Å². The monoisotopic (exact) mass is 382 g/mol. The van der Waals surface area contributed by atoms with E-state index in [1.54, 1.807) is 6.07 Å². The zero-order chi connectivity index (χ0) is 19.6. The number of nitrogens with zero attached hydrogens (tertiary/aromatic N) is 1. The SMILES string of the molecule is NC(=O)N(O)CCC#C[C@@H]1CCC(c2cc3cc(C(F)(F)F)ccc3o2)O1. The third-order valence-corrected chi connectivity index (χ3v) is 4.17. The molecule has 3 rings (SSSR count). The summed E-state index contributed by atoms with van der Waals surface area (Å²) in [6, 6.07) is 3.94. The normalized spacial score (nSPS) is 19.7. The first-order valence-electron chi connectivity index (χ1n) is 8.24. The smallest absolute Gasteiger partial charge is 0.416 e. The van der Waals surface area contributed by atoms with Crippen LogP contribution in [-0.2, 0) is 10.9 Å². The number of hydrogen-bond acceptors (Lipinski definition) is 4. The Hall–Kier alpha value is -2.70. The fourth-order valence-electron chi connectivity index (χ4n) is 2.81.